The van der Waals surface area contributed by atoms with Crippen LogP contribution in [0.1, 0.15) is 60.6 Å². The number of ether oxygens (including phenoxy) is 1. The zero-order valence-corrected chi connectivity index (χ0v) is 16.6. The zero-order valence-electron chi connectivity index (χ0n) is 16.6. The molecule has 0 saturated carbocycles. The molecule has 146 valence electrons. The minimum atomic E-state index is -0.342. The van der Waals surface area contributed by atoms with E-state index in [9.17, 15) is 4.79 Å². The smallest absolute Gasteiger partial charge is 0.337 e. The number of H-pyrrole nitrogens is 1. The second kappa shape index (κ2) is 9.31. The van der Waals surface area contributed by atoms with Gasteiger partial charge < -0.3 is 9.72 Å². The summed E-state index contributed by atoms with van der Waals surface area (Å²) in [6, 6.07) is 5.65. The number of nitrogens with zero attached hydrogens (tertiary/aromatic N) is 2. The van der Waals surface area contributed by atoms with E-state index in [-0.39, 0.29) is 5.97 Å². The van der Waals surface area contributed by atoms with Gasteiger partial charge in [0.2, 0.25) is 0 Å². The molecular weight excluding hydrogens is 350 g/mol. The number of hydrogen-bond donors (Lipinski definition) is 1. The summed E-state index contributed by atoms with van der Waals surface area (Å²) in [6.07, 6.45) is 12.1. The molecule has 0 unspecified atom stereocenters. The third-order valence-corrected chi connectivity index (χ3v) is 5.01. The number of nitrogens with one attached hydrogen (secondary N) is 1. The van der Waals surface area contributed by atoms with Crippen molar-refractivity contribution in [3.8, 4) is 11.4 Å². The predicted octanol–water partition coefficient (Wildman–Crippen LogP) is 5.57. The minimum Gasteiger partial charge on any atom is -0.465 e. The van der Waals surface area contributed by atoms with Crippen molar-refractivity contribution in [1.29, 1.82) is 0 Å². The number of aromatic amines is 1. The molecule has 5 heteroatoms. The Morgan fingerprint density at radius 1 is 1.18 bits per heavy atom. The van der Waals surface area contributed by atoms with Crippen LogP contribution in [0.2, 0.25) is 0 Å². The summed E-state index contributed by atoms with van der Waals surface area (Å²) in [5, 5.41) is 1.11. The predicted molar refractivity (Wildman–Crippen MR) is 113 cm³/mol. The lowest BCUT2D eigenvalue weighted by Crippen LogP contribution is -2.00. The van der Waals surface area contributed by atoms with Gasteiger partial charge >= 0.3 is 5.97 Å². The summed E-state index contributed by atoms with van der Waals surface area (Å²) in [4.78, 5) is 24.3. The monoisotopic (exact) mass is 377 g/mol. The van der Waals surface area contributed by atoms with Crippen LogP contribution in [0.4, 0.5) is 0 Å². The maximum Gasteiger partial charge on any atom is 0.337 e. The molecule has 0 spiro atoms. The molecule has 0 aliphatic rings. The van der Waals surface area contributed by atoms with Gasteiger partial charge in [0.15, 0.2) is 0 Å². The summed E-state index contributed by atoms with van der Waals surface area (Å²) in [6.45, 7) is 6.09. The van der Waals surface area contributed by atoms with Gasteiger partial charge in [-0.1, -0.05) is 45.3 Å². The lowest BCUT2D eigenvalue weighted by Gasteiger charge is -2.07. The van der Waals surface area contributed by atoms with Gasteiger partial charge in [0.25, 0.3) is 0 Å². The van der Waals surface area contributed by atoms with Gasteiger partial charge in [-0.3, -0.25) is 9.97 Å². The van der Waals surface area contributed by atoms with Crippen molar-refractivity contribution in [2.45, 2.75) is 45.4 Å². The van der Waals surface area contributed by atoms with Crippen LogP contribution in [0, 0.1) is 0 Å². The standard InChI is InChI=1S/C23H27N3O2/c1-4-6-7-8-9-10-18-17-12-11-16(23(27)28-3)15-20(17)26-21(18)22-19(5-2)24-13-14-25-22/h5,11-15,26H,2,4,6-10H2,1,3H3. The molecule has 0 fully saturated rings. The first-order chi connectivity index (χ1) is 13.7. The Hall–Kier alpha value is -2.95. The molecule has 2 aromatic heterocycles. The lowest BCUT2D eigenvalue weighted by molar-refractivity contribution is 0.0601. The van der Waals surface area contributed by atoms with Crippen LogP contribution < -0.4 is 0 Å². The van der Waals surface area contributed by atoms with Crippen LogP contribution in [0.3, 0.4) is 0 Å². The van der Waals surface area contributed by atoms with E-state index in [4.69, 9.17) is 4.74 Å². The minimum absolute atomic E-state index is 0.342. The average Bonchev–Trinajstić information content (AvgIpc) is 3.10. The SMILES string of the molecule is C=Cc1nccnc1-c1[nH]c2cc(C(=O)OC)ccc2c1CCCCCCC. The molecule has 1 N–H and O–H groups in total. The van der Waals surface area contributed by atoms with Gasteiger partial charge in [0, 0.05) is 23.3 Å². The number of unbranched alkanes of at least 4 members (excludes halogenated alkanes) is 4. The van der Waals surface area contributed by atoms with Crippen molar-refractivity contribution < 1.29 is 9.53 Å². The molecule has 0 saturated heterocycles. The number of methoxy groups -OCH3 is 1. The molecule has 2 heterocycles. The lowest BCUT2D eigenvalue weighted by atomic mass is 10.00. The van der Waals surface area contributed by atoms with Crippen LogP contribution in [-0.4, -0.2) is 28.0 Å². The van der Waals surface area contributed by atoms with E-state index in [0.717, 1.165) is 40.8 Å². The second-order valence-corrected chi connectivity index (χ2v) is 6.89. The van der Waals surface area contributed by atoms with E-state index >= 15 is 0 Å². The number of carbonyl (C=O) groups is 1. The van der Waals surface area contributed by atoms with E-state index in [1.54, 1.807) is 18.5 Å². The van der Waals surface area contributed by atoms with Crippen LogP contribution in [0.5, 0.6) is 0 Å². The highest BCUT2D eigenvalue weighted by molar-refractivity contribution is 5.97. The van der Waals surface area contributed by atoms with Crippen molar-refractivity contribution in [2.24, 2.45) is 0 Å². The maximum atomic E-state index is 11.9. The number of esters is 1. The van der Waals surface area contributed by atoms with Gasteiger partial charge in [0.05, 0.1) is 24.1 Å². The molecule has 1 aromatic carbocycles. The number of benzene rings is 1. The van der Waals surface area contributed by atoms with Crippen molar-refractivity contribution >= 4 is 22.9 Å². The topological polar surface area (TPSA) is 67.9 Å². The highest BCUT2D eigenvalue weighted by Gasteiger charge is 2.18. The Morgan fingerprint density at radius 2 is 1.96 bits per heavy atom. The van der Waals surface area contributed by atoms with Crippen molar-refractivity contribution in [2.75, 3.05) is 7.11 Å². The van der Waals surface area contributed by atoms with E-state index in [1.807, 2.05) is 18.2 Å². The molecule has 0 aliphatic heterocycles. The van der Waals surface area contributed by atoms with Crippen LogP contribution in [0.25, 0.3) is 28.4 Å². The number of aromatic nitrogens is 3. The number of fused-ring (bicyclic) bond motifs is 1. The summed E-state index contributed by atoms with van der Waals surface area (Å²) in [7, 11) is 1.39. The number of aryl methyl sites for hydroxylation is 1. The van der Waals surface area contributed by atoms with E-state index < -0.39 is 0 Å². The van der Waals surface area contributed by atoms with Crippen LogP contribution >= 0.6 is 0 Å². The summed E-state index contributed by atoms with van der Waals surface area (Å²) < 4.78 is 4.86. The summed E-state index contributed by atoms with van der Waals surface area (Å²) in [5.41, 5.74) is 5.14. The van der Waals surface area contributed by atoms with Gasteiger partial charge in [0.1, 0.15) is 5.69 Å². The van der Waals surface area contributed by atoms with E-state index in [0.29, 0.717) is 5.56 Å². The normalized spacial score (nSPS) is 10.9. The molecule has 0 amide bonds. The Morgan fingerprint density at radius 3 is 2.71 bits per heavy atom. The van der Waals surface area contributed by atoms with Crippen LogP contribution in [0.15, 0.2) is 37.2 Å². The Labute approximate surface area is 165 Å². The van der Waals surface area contributed by atoms with Gasteiger partial charge in [-0.25, -0.2) is 4.79 Å². The first kappa shape index (κ1) is 19.8. The van der Waals surface area contributed by atoms with Gasteiger partial charge in [-0.2, -0.15) is 0 Å². The fraction of sp³-hybridized carbons (Fsp3) is 0.348. The van der Waals surface area contributed by atoms with Crippen molar-refractivity contribution in [3.05, 3.63) is 54.0 Å². The molecule has 5 nitrogen and oxygen atoms in total. The molecule has 0 radical (unpaired) electrons. The molecular formula is C23H27N3O2. The first-order valence-electron chi connectivity index (χ1n) is 9.86. The zero-order chi connectivity index (χ0) is 19.9. The Bertz CT molecular complexity index is 975. The third-order valence-electron chi connectivity index (χ3n) is 5.01. The fourth-order valence-corrected chi connectivity index (χ4v) is 3.56. The quantitative estimate of drug-likeness (QED) is 0.391. The highest BCUT2D eigenvalue weighted by Crippen LogP contribution is 2.33. The van der Waals surface area contributed by atoms with Crippen LogP contribution in [-0.2, 0) is 11.2 Å². The molecule has 0 bridgehead atoms. The first-order valence-corrected chi connectivity index (χ1v) is 9.86. The second-order valence-electron chi connectivity index (χ2n) is 6.89. The molecule has 3 aromatic rings. The number of carbonyl (C=O) groups excluding carboxylic acids is 1. The van der Waals surface area contributed by atoms with Crippen molar-refractivity contribution in [3.63, 3.8) is 0 Å². The number of hydrogen-bond acceptors (Lipinski definition) is 4. The van der Waals surface area contributed by atoms with E-state index in [2.05, 4.69) is 28.5 Å². The highest BCUT2D eigenvalue weighted by atomic mass is 16.5. The Kier molecular flexibility index (Phi) is 6.58. The third kappa shape index (κ3) is 4.14. The maximum absolute atomic E-state index is 11.9. The molecule has 28 heavy (non-hydrogen) atoms. The summed E-state index contributed by atoms with van der Waals surface area (Å²) in [5.74, 6) is -0.342. The molecule has 3 rings (SSSR count). The van der Waals surface area contributed by atoms with E-state index in [1.165, 1.54) is 38.4 Å². The molecule has 0 atom stereocenters. The fourth-order valence-electron chi connectivity index (χ4n) is 3.56. The van der Waals surface area contributed by atoms with Gasteiger partial charge in [-0.05, 0) is 36.6 Å². The Balaban J connectivity index is 2.05. The summed E-state index contributed by atoms with van der Waals surface area (Å²) >= 11 is 0. The van der Waals surface area contributed by atoms with Gasteiger partial charge in [-0.15, -0.1) is 0 Å². The van der Waals surface area contributed by atoms with Crippen molar-refractivity contribution in [1.82, 2.24) is 15.0 Å². The largest absolute Gasteiger partial charge is 0.465 e. The number of rotatable bonds is 9. The average molecular weight is 377 g/mol. The molecule has 0 aliphatic carbocycles.